The Bertz CT molecular complexity index is 813. The fourth-order valence-corrected chi connectivity index (χ4v) is 3.08. The van der Waals surface area contributed by atoms with Gasteiger partial charge in [0, 0.05) is 13.1 Å². The predicted molar refractivity (Wildman–Crippen MR) is 113 cm³/mol. The molecule has 0 saturated heterocycles. The second kappa shape index (κ2) is 10.5. The molecular formula is C23H30N2O4. The summed E-state index contributed by atoms with van der Waals surface area (Å²) in [6.07, 6.45) is 0. The van der Waals surface area contributed by atoms with E-state index in [1.807, 2.05) is 63.2 Å². The summed E-state index contributed by atoms with van der Waals surface area (Å²) < 4.78 is 10.9. The lowest BCUT2D eigenvalue weighted by atomic mass is 10.1. The van der Waals surface area contributed by atoms with Gasteiger partial charge in [0.15, 0.2) is 6.61 Å². The molecule has 0 spiro atoms. The molecule has 1 N–H and O–H groups in total. The van der Waals surface area contributed by atoms with E-state index in [0.717, 1.165) is 22.4 Å². The Morgan fingerprint density at radius 2 is 1.66 bits per heavy atom. The lowest BCUT2D eigenvalue weighted by molar-refractivity contribution is -0.142. The summed E-state index contributed by atoms with van der Waals surface area (Å²) in [6.45, 7) is 8.21. The van der Waals surface area contributed by atoms with Crippen LogP contribution < -0.4 is 14.8 Å². The van der Waals surface area contributed by atoms with Gasteiger partial charge in [-0.3, -0.25) is 9.59 Å². The van der Waals surface area contributed by atoms with E-state index in [1.54, 1.807) is 14.0 Å². The number of ether oxygens (including phenoxy) is 2. The molecule has 0 aliphatic heterocycles. The van der Waals surface area contributed by atoms with Crippen LogP contribution in [-0.4, -0.2) is 43.0 Å². The molecule has 156 valence electrons. The van der Waals surface area contributed by atoms with Gasteiger partial charge in [0.05, 0.1) is 7.11 Å². The molecule has 0 aliphatic rings. The summed E-state index contributed by atoms with van der Waals surface area (Å²) >= 11 is 0. The van der Waals surface area contributed by atoms with Gasteiger partial charge in [-0.25, -0.2) is 0 Å². The minimum atomic E-state index is -0.618. The zero-order valence-corrected chi connectivity index (χ0v) is 17.8. The van der Waals surface area contributed by atoms with Crippen molar-refractivity contribution < 1.29 is 19.1 Å². The Balaban J connectivity index is 2.15. The quantitative estimate of drug-likeness (QED) is 0.704. The molecule has 1 atom stereocenters. The van der Waals surface area contributed by atoms with E-state index < -0.39 is 6.04 Å². The fourth-order valence-electron chi connectivity index (χ4n) is 3.08. The second-order valence-corrected chi connectivity index (χ2v) is 7.05. The normalized spacial score (nSPS) is 11.5. The van der Waals surface area contributed by atoms with Gasteiger partial charge in [0.1, 0.15) is 17.5 Å². The minimum Gasteiger partial charge on any atom is -0.497 e. The van der Waals surface area contributed by atoms with Crippen molar-refractivity contribution in [1.29, 1.82) is 0 Å². The average Bonchev–Trinajstić information content (AvgIpc) is 2.69. The number of hydrogen-bond acceptors (Lipinski definition) is 4. The van der Waals surface area contributed by atoms with Crippen LogP contribution in [0.4, 0.5) is 0 Å². The lowest BCUT2D eigenvalue weighted by Gasteiger charge is -2.28. The van der Waals surface area contributed by atoms with Crippen LogP contribution in [0.1, 0.15) is 30.5 Å². The topological polar surface area (TPSA) is 67.9 Å². The summed E-state index contributed by atoms with van der Waals surface area (Å²) in [5.74, 6) is 0.937. The van der Waals surface area contributed by atoms with Crippen molar-refractivity contribution in [2.75, 3.05) is 20.3 Å². The molecule has 0 aromatic heterocycles. The van der Waals surface area contributed by atoms with Crippen LogP contribution in [-0.2, 0) is 16.1 Å². The highest BCUT2D eigenvalue weighted by atomic mass is 16.5. The van der Waals surface area contributed by atoms with Crippen LogP contribution in [0.2, 0.25) is 0 Å². The third kappa shape index (κ3) is 6.52. The monoisotopic (exact) mass is 398 g/mol. The summed E-state index contributed by atoms with van der Waals surface area (Å²) in [7, 11) is 1.60. The van der Waals surface area contributed by atoms with Crippen LogP contribution in [0, 0.1) is 13.8 Å². The smallest absolute Gasteiger partial charge is 0.261 e. The number of aryl methyl sites for hydroxylation is 2. The molecular weight excluding hydrogens is 368 g/mol. The van der Waals surface area contributed by atoms with Gasteiger partial charge < -0.3 is 19.7 Å². The van der Waals surface area contributed by atoms with Crippen LogP contribution in [0.5, 0.6) is 11.5 Å². The highest BCUT2D eigenvalue weighted by molar-refractivity contribution is 5.87. The standard InChI is InChI=1S/C23H30N2O4/c1-6-24-23(27)18(4)25(14-19-7-9-20(28-5)10-8-19)22(26)15-29-21-12-16(2)11-17(3)13-21/h7-13,18H,6,14-15H2,1-5H3,(H,24,27)/t18-/m1/s1. The number of hydrogen-bond donors (Lipinski definition) is 1. The van der Waals surface area contributed by atoms with E-state index in [1.165, 1.54) is 4.90 Å². The number of methoxy groups -OCH3 is 1. The minimum absolute atomic E-state index is 0.136. The zero-order valence-electron chi connectivity index (χ0n) is 17.8. The largest absolute Gasteiger partial charge is 0.497 e. The molecule has 6 heteroatoms. The second-order valence-electron chi connectivity index (χ2n) is 7.05. The highest BCUT2D eigenvalue weighted by Gasteiger charge is 2.26. The first kappa shape index (κ1) is 22.3. The molecule has 2 aromatic rings. The number of carbonyl (C=O) groups excluding carboxylic acids is 2. The highest BCUT2D eigenvalue weighted by Crippen LogP contribution is 2.18. The van der Waals surface area contributed by atoms with Crippen LogP contribution in [0.15, 0.2) is 42.5 Å². The van der Waals surface area contributed by atoms with Crippen LogP contribution in [0.3, 0.4) is 0 Å². The molecule has 0 saturated carbocycles. The van der Waals surface area contributed by atoms with E-state index in [0.29, 0.717) is 18.8 Å². The van der Waals surface area contributed by atoms with Crippen molar-refractivity contribution in [1.82, 2.24) is 10.2 Å². The Hall–Kier alpha value is -3.02. The lowest BCUT2D eigenvalue weighted by Crippen LogP contribution is -2.49. The first-order valence-electron chi connectivity index (χ1n) is 9.75. The maximum Gasteiger partial charge on any atom is 0.261 e. The molecule has 0 radical (unpaired) electrons. The summed E-state index contributed by atoms with van der Waals surface area (Å²) in [4.78, 5) is 26.9. The van der Waals surface area contributed by atoms with E-state index in [9.17, 15) is 9.59 Å². The predicted octanol–water partition coefficient (Wildman–Crippen LogP) is 3.24. The summed E-state index contributed by atoms with van der Waals surface area (Å²) in [5, 5.41) is 2.78. The number of nitrogens with zero attached hydrogens (tertiary/aromatic N) is 1. The van der Waals surface area contributed by atoms with Gasteiger partial charge in [-0.2, -0.15) is 0 Å². The van der Waals surface area contributed by atoms with Gasteiger partial charge >= 0.3 is 0 Å². The van der Waals surface area contributed by atoms with Crippen molar-refractivity contribution in [3.63, 3.8) is 0 Å². The number of nitrogens with one attached hydrogen (secondary N) is 1. The summed E-state index contributed by atoms with van der Waals surface area (Å²) in [5.41, 5.74) is 3.04. The molecule has 2 rings (SSSR count). The average molecular weight is 399 g/mol. The number of benzene rings is 2. The molecule has 6 nitrogen and oxygen atoms in total. The number of rotatable bonds is 9. The van der Waals surface area contributed by atoms with E-state index in [-0.39, 0.29) is 18.4 Å². The molecule has 0 heterocycles. The van der Waals surface area contributed by atoms with E-state index in [2.05, 4.69) is 5.32 Å². The number of amides is 2. The van der Waals surface area contributed by atoms with Gasteiger partial charge in [-0.15, -0.1) is 0 Å². The molecule has 2 amide bonds. The molecule has 0 bridgehead atoms. The molecule has 29 heavy (non-hydrogen) atoms. The number of carbonyl (C=O) groups is 2. The first-order chi connectivity index (χ1) is 13.8. The third-order valence-corrected chi connectivity index (χ3v) is 4.59. The maximum atomic E-state index is 13.0. The Morgan fingerprint density at radius 1 is 1.03 bits per heavy atom. The van der Waals surface area contributed by atoms with Crippen LogP contribution in [0.25, 0.3) is 0 Å². The van der Waals surface area contributed by atoms with Crippen molar-refractivity contribution in [2.45, 2.75) is 40.3 Å². The molecule has 0 fully saturated rings. The fraction of sp³-hybridized carbons (Fsp3) is 0.391. The van der Waals surface area contributed by atoms with Crippen molar-refractivity contribution in [2.24, 2.45) is 0 Å². The Labute approximate surface area is 172 Å². The molecule has 0 unspecified atom stereocenters. The van der Waals surface area contributed by atoms with Crippen molar-refractivity contribution in [3.05, 3.63) is 59.2 Å². The summed E-state index contributed by atoms with van der Waals surface area (Å²) in [6, 6.07) is 12.6. The van der Waals surface area contributed by atoms with Gasteiger partial charge in [0.25, 0.3) is 5.91 Å². The Kier molecular flexibility index (Phi) is 8.07. The maximum absolute atomic E-state index is 13.0. The number of likely N-dealkylation sites (N-methyl/N-ethyl adjacent to an activating group) is 1. The molecule has 2 aromatic carbocycles. The SMILES string of the molecule is CCNC(=O)[C@@H](C)N(Cc1ccc(OC)cc1)C(=O)COc1cc(C)cc(C)c1. The van der Waals surface area contributed by atoms with Crippen LogP contribution >= 0.6 is 0 Å². The van der Waals surface area contributed by atoms with E-state index in [4.69, 9.17) is 9.47 Å². The zero-order chi connectivity index (χ0) is 21.4. The van der Waals surface area contributed by atoms with E-state index >= 15 is 0 Å². The van der Waals surface area contributed by atoms with Gasteiger partial charge in [0.2, 0.25) is 5.91 Å². The van der Waals surface area contributed by atoms with Crippen molar-refractivity contribution >= 4 is 11.8 Å². The van der Waals surface area contributed by atoms with Crippen molar-refractivity contribution in [3.8, 4) is 11.5 Å². The molecule has 0 aliphatic carbocycles. The van der Waals surface area contributed by atoms with Gasteiger partial charge in [-0.1, -0.05) is 18.2 Å². The van der Waals surface area contributed by atoms with Gasteiger partial charge in [-0.05, 0) is 68.7 Å². The first-order valence-corrected chi connectivity index (χ1v) is 9.75. The third-order valence-electron chi connectivity index (χ3n) is 4.59. The Morgan fingerprint density at radius 3 is 2.21 bits per heavy atom.